The van der Waals surface area contributed by atoms with Crippen LogP contribution in [-0.4, -0.2) is 29.4 Å². The molecule has 0 aliphatic heterocycles. The molecule has 2 aliphatic carbocycles. The lowest BCUT2D eigenvalue weighted by atomic mass is 9.76. The van der Waals surface area contributed by atoms with Crippen molar-refractivity contribution in [1.29, 1.82) is 0 Å². The molecular formula is C12H18N2O. The molecule has 2 rings (SSSR count). The number of carbonyl (C=O) groups is 1. The average Bonchev–Trinajstić information content (AvgIpc) is 2.96. The summed E-state index contributed by atoms with van der Waals surface area (Å²) in [4.78, 5) is 13.9. The van der Waals surface area contributed by atoms with Crippen LogP contribution in [-0.2, 0) is 4.79 Å². The van der Waals surface area contributed by atoms with E-state index in [0.29, 0.717) is 12.5 Å². The number of terminal acetylenes is 1. The van der Waals surface area contributed by atoms with Crippen LogP contribution in [0.25, 0.3) is 0 Å². The Hall–Kier alpha value is -1.01. The van der Waals surface area contributed by atoms with E-state index >= 15 is 0 Å². The standard InChI is InChI=1S/C12H18N2O/c1-2-8-14(9-10-4-5-10)11(15)12(13)6-3-7-12/h1,10H,3-9,13H2. The number of carbonyl (C=O) groups excluding carboxylic acids is 1. The molecule has 2 fully saturated rings. The highest BCUT2D eigenvalue weighted by atomic mass is 16.2. The molecule has 15 heavy (non-hydrogen) atoms. The molecule has 2 aliphatic rings. The van der Waals surface area contributed by atoms with Gasteiger partial charge in [0.05, 0.1) is 12.1 Å². The molecule has 0 radical (unpaired) electrons. The van der Waals surface area contributed by atoms with E-state index in [0.717, 1.165) is 25.8 Å². The first kappa shape index (κ1) is 10.5. The topological polar surface area (TPSA) is 46.3 Å². The van der Waals surface area contributed by atoms with Gasteiger partial charge in [0.25, 0.3) is 0 Å². The quantitative estimate of drug-likeness (QED) is 0.690. The minimum Gasteiger partial charge on any atom is -0.330 e. The lowest BCUT2D eigenvalue weighted by molar-refractivity contribution is -0.139. The zero-order valence-corrected chi connectivity index (χ0v) is 9.04. The lowest BCUT2D eigenvalue weighted by Gasteiger charge is -2.40. The fraction of sp³-hybridized carbons (Fsp3) is 0.750. The van der Waals surface area contributed by atoms with Crippen LogP contribution in [0.4, 0.5) is 0 Å². The van der Waals surface area contributed by atoms with E-state index in [1.165, 1.54) is 12.8 Å². The molecule has 3 heteroatoms. The highest BCUT2D eigenvalue weighted by Crippen LogP contribution is 2.34. The number of hydrogen-bond donors (Lipinski definition) is 1. The van der Waals surface area contributed by atoms with Crippen molar-refractivity contribution in [1.82, 2.24) is 4.90 Å². The van der Waals surface area contributed by atoms with Gasteiger partial charge in [0.15, 0.2) is 0 Å². The average molecular weight is 206 g/mol. The van der Waals surface area contributed by atoms with Crippen molar-refractivity contribution < 1.29 is 4.79 Å². The molecule has 0 saturated heterocycles. The Labute approximate surface area is 91.0 Å². The Kier molecular flexibility index (Phi) is 2.70. The summed E-state index contributed by atoms with van der Waals surface area (Å²) in [5.74, 6) is 3.29. The van der Waals surface area contributed by atoms with Gasteiger partial charge in [-0.15, -0.1) is 6.42 Å². The second-order valence-corrected chi connectivity index (χ2v) is 4.84. The van der Waals surface area contributed by atoms with Gasteiger partial charge in [0.1, 0.15) is 0 Å². The third-order valence-corrected chi connectivity index (χ3v) is 3.42. The van der Waals surface area contributed by atoms with Crippen molar-refractivity contribution in [3.05, 3.63) is 0 Å². The third-order valence-electron chi connectivity index (χ3n) is 3.42. The van der Waals surface area contributed by atoms with E-state index in [4.69, 9.17) is 12.2 Å². The van der Waals surface area contributed by atoms with Gasteiger partial charge in [-0.05, 0) is 38.0 Å². The molecule has 0 aromatic rings. The summed E-state index contributed by atoms with van der Waals surface area (Å²) in [7, 11) is 0. The third kappa shape index (κ3) is 2.15. The van der Waals surface area contributed by atoms with E-state index < -0.39 is 5.54 Å². The van der Waals surface area contributed by atoms with Crippen LogP contribution >= 0.6 is 0 Å². The molecule has 0 heterocycles. The molecule has 0 unspecified atom stereocenters. The van der Waals surface area contributed by atoms with Crippen LogP contribution in [0.2, 0.25) is 0 Å². The molecular weight excluding hydrogens is 188 g/mol. The van der Waals surface area contributed by atoms with Gasteiger partial charge in [-0.3, -0.25) is 4.79 Å². The molecule has 82 valence electrons. The number of nitrogens with two attached hydrogens (primary N) is 1. The summed E-state index contributed by atoms with van der Waals surface area (Å²) >= 11 is 0. The van der Waals surface area contributed by atoms with E-state index in [1.807, 2.05) is 0 Å². The molecule has 2 saturated carbocycles. The largest absolute Gasteiger partial charge is 0.330 e. The van der Waals surface area contributed by atoms with Crippen LogP contribution in [0.15, 0.2) is 0 Å². The summed E-state index contributed by atoms with van der Waals surface area (Å²) in [6.45, 7) is 1.22. The maximum absolute atomic E-state index is 12.1. The van der Waals surface area contributed by atoms with Gasteiger partial charge in [-0.25, -0.2) is 0 Å². The SMILES string of the molecule is C#CCN(CC1CC1)C(=O)C1(N)CCC1. The second kappa shape index (κ2) is 3.86. The molecule has 0 bridgehead atoms. The number of hydrogen-bond acceptors (Lipinski definition) is 2. The van der Waals surface area contributed by atoms with E-state index in [2.05, 4.69) is 5.92 Å². The number of rotatable bonds is 4. The van der Waals surface area contributed by atoms with Gasteiger partial charge < -0.3 is 10.6 Å². The first-order valence-electron chi connectivity index (χ1n) is 5.67. The van der Waals surface area contributed by atoms with Crippen LogP contribution in [0.5, 0.6) is 0 Å². The van der Waals surface area contributed by atoms with Crippen molar-refractivity contribution in [2.45, 2.75) is 37.6 Å². The maximum Gasteiger partial charge on any atom is 0.243 e. The fourth-order valence-corrected chi connectivity index (χ4v) is 2.03. The second-order valence-electron chi connectivity index (χ2n) is 4.84. The van der Waals surface area contributed by atoms with Crippen LogP contribution in [0.1, 0.15) is 32.1 Å². The molecule has 3 nitrogen and oxygen atoms in total. The summed E-state index contributed by atoms with van der Waals surface area (Å²) in [6, 6.07) is 0. The van der Waals surface area contributed by atoms with E-state index in [1.54, 1.807) is 4.90 Å². The number of amides is 1. The molecule has 2 N–H and O–H groups in total. The van der Waals surface area contributed by atoms with Gasteiger partial charge in [0.2, 0.25) is 5.91 Å². The first-order valence-corrected chi connectivity index (χ1v) is 5.67. The predicted octanol–water partition coefficient (Wildman–Crippen LogP) is 0.740. The Balaban J connectivity index is 1.96. The summed E-state index contributed by atoms with van der Waals surface area (Å²) in [6.07, 6.45) is 10.4. The Morgan fingerprint density at radius 2 is 2.20 bits per heavy atom. The molecule has 0 spiro atoms. The molecule has 0 aromatic heterocycles. The maximum atomic E-state index is 12.1. The minimum absolute atomic E-state index is 0.0681. The fourth-order valence-electron chi connectivity index (χ4n) is 2.03. The summed E-state index contributed by atoms with van der Waals surface area (Å²) < 4.78 is 0. The Bertz CT molecular complexity index is 297. The van der Waals surface area contributed by atoms with Crippen LogP contribution in [0, 0.1) is 18.3 Å². The zero-order chi connectivity index (χ0) is 10.9. The Morgan fingerprint density at radius 1 is 1.53 bits per heavy atom. The summed E-state index contributed by atoms with van der Waals surface area (Å²) in [5.41, 5.74) is 5.42. The van der Waals surface area contributed by atoms with Crippen molar-refractivity contribution in [3.63, 3.8) is 0 Å². The minimum atomic E-state index is -0.592. The van der Waals surface area contributed by atoms with Crippen molar-refractivity contribution in [2.75, 3.05) is 13.1 Å². The van der Waals surface area contributed by atoms with Crippen molar-refractivity contribution in [3.8, 4) is 12.3 Å². The molecule has 1 amide bonds. The van der Waals surface area contributed by atoms with Crippen LogP contribution < -0.4 is 5.73 Å². The smallest absolute Gasteiger partial charge is 0.243 e. The van der Waals surface area contributed by atoms with Gasteiger partial charge in [0, 0.05) is 6.54 Å². The zero-order valence-electron chi connectivity index (χ0n) is 9.04. The van der Waals surface area contributed by atoms with Gasteiger partial charge in [-0.1, -0.05) is 5.92 Å². The van der Waals surface area contributed by atoms with Crippen molar-refractivity contribution >= 4 is 5.91 Å². The Morgan fingerprint density at radius 3 is 2.60 bits per heavy atom. The summed E-state index contributed by atoms with van der Waals surface area (Å²) in [5, 5.41) is 0. The normalized spacial score (nSPS) is 22.7. The lowest BCUT2D eigenvalue weighted by Crippen LogP contribution is -2.59. The van der Waals surface area contributed by atoms with Crippen LogP contribution in [0.3, 0.4) is 0 Å². The molecule has 0 atom stereocenters. The van der Waals surface area contributed by atoms with Gasteiger partial charge in [-0.2, -0.15) is 0 Å². The first-order chi connectivity index (χ1) is 7.15. The van der Waals surface area contributed by atoms with Crippen molar-refractivity contribution in [2.24, 2.45) is 11.7 Å². The molecule has 0 aromatic carbocycles. The monoisotopic (exact) mass is 206 g/mol. The van der Waals surface area contributed by atoms with Gasteiger partial charge >= 0.3 is 0 Å². The predicted molar refractivity (Wildman–Crippen MR) is 58.9 cm³/mol. The van der Waals surface area contributed by atoms with E-state index in [9.17, 15) is 4.79 Å². The van der Waals surface area contributed by atoms with E-state index in [-0.39, 0.29) is 5.91 Å². The number of nitrogens with zero attached hydrogens (tertiary/aromatic N) is 1. The highest BCUT2D eigenvalue weighted by Gasteiger charge is 2.43. The highest BCUT2D eigenvalue weighted by molar-refractivity contribution is 5.87.